The Morgan fingerprint density at radius 1 is 1.50 bits per heavy atom. The zero-order valence-corrected chi connectivity index (χ0v) is 9.42. The Kier molecular flexibility index (Phi) is 4.20. The summed E-state index contributed by atoms with van der Waals surface area (Å²) in [6.07, 6.45) is 0. The monoisotopic (exact) mass is 199 g/mol. The van der Waals surface area contributed by atoms with E-state index < -0.39 is 0 Å². The molecule has 2 amide bonds. The van der Waals surface area contributed by atoms with Crippen molar-refractivity contribution in [3.63, 3.8) is 0 Å². The zero-order chi connectivity index (χ0) is 10.6. The molecule has 4 nitrogen and oxygen atoms in total. The summed E-state index contributed by atoms with van der Waals surface area (Å²) in [6.45, 7) is 10.3. The van der Waals surface area contributed by atoms with E-state index in [9.17, 15) is 4.79 Å². The van der Waals surface area contributed by atoms with Crippen LogP contribution in [0.25, 0.3) is 0 Å². The molecule has 0 spiro atoms. The molecule has 0 aromatic rings. The smallest absolute Gasteiger partial charge is 0.320 e. The Hall–Kier alpha value is -0.770. The molecule has 0 aromatic heterocycles. The highest BCUT2D eigenvalue weighted by Gasteiger charge is 2.23. The molecular weight excluding hydrogens is 178 g/mol. The molecule has 1 aliphatic heterocycles. The first kappa shape index (κ1) is 11.3. The Bertz CT molecular complexity index is 192. The topological polar surface area (TPSA) is 35.6 Å². The molecule has 14 heavy (non-hydrogen) atoms. The third kappa shape index (κ3) is 2.61. The number of carbonyl (C=O) groups is 1. The summed E-state index contributed by atoms with van der Waals surface area (Å²) in [7, 11) is 0. The van der Waals surface area contributed by atoms with Crippen molar-refractivity contribution >= 4 is 6.03 Å². The standard InChI is InChI=1S/C10H21N3O/c1-4-12(5-2)10(14)13-7-6-11-9(3)8-13/h9,11H,4-8H2,1-3H3/t9-/m1/s1. The summed E-state index contributed by atoms with van der Waals surface area (Å²) in [6, 6.07) is 0.603. The molecule has 1 atom stereocenters. The van der Waals surface area contributed by atoms with Gasteiger partial charge in [0, 0.05) is 38.8 Å². The molecule has 1 saturated heterocycles. The van der Waals surface area contributed by atoms with Crippen LogP contribution in [0.2, 0.25) is 0 Å². The van der Waals surface area contributed by atoms with Gasteiger partial charge in [-0.3, -0.25) is 0 Å². The summed E-state index contributed by atoms with van der Waals surface area (Å²) in [5.74, 6) is 0. The molecule has 1 heterocycles. The van der Waals surface area contributed by atoms with Crippen molar-refractivity contribution in [1.82, 2.24) is 15.1 Å². The molecule has 0 aliphatic carbocycles. The molecule has 4 heteroatoms. The number of urea groups is 1. The van der Waals surface area contributed by atoms with Crippen LogP contribution >= 0.6 is 0 Å². The fourth-order valence-electron chi connectivity index (χ4n) is 1.80. The molecule has 0 aromatic carbocycles. The van der Waals surface area contributed by atoms with Crippen LogP contribution in [-0.2, 0) is 0 Å². The second-order valence-corrected chi connectivity index (χ2v) is 3.76. The van der Waals surface area contributed by atoms with E-state index in [0.29, 0.717) is 6.04 Å². The second-order valence-electron chi connectivity index (χ2n) is 3.76. The minimum Gasteiger partial charge on any atom is -0.325 e. The largest absolute Gasteiger partial charge is 0.325 e. The Morgan fingerprint density at radius 2 is 2.14 bits per heavy atom. The van der Waals surface area contributed by atoms with Gasteiger partial charge in [-0.15, -0.1) is 0 Å². The molecule has 82 valence electrons. The van der Waals surface area contributed by atoms with Crippen LogP contribution in [0.15, 0.2) is 0 Å². The molecule has 1 fully saturated rings. The van der Waals surface area contributed by atoms with Gasteiger partial charge in [0.05, 0.1) is 0 Å². The van der Waals surface area contributed by atoms with Crippen molar-refractivity contribution in [3.8, 4) is 0 Å². The molecule has 1 N–H and O–H groups in total. The number of hydrogen-bond acceptors (Lipinski definition) is 2. The number of nitrogens with zero attached hydrogens (tertiary/aromatic N) is 2. The SMILES string of the molecule is CCN(CC)C(=O)N1CCN[C@H](C)C1. The summed E-state index contributed by atoms with van der Waals surface area (Å²) in [4.78, 5) is 15.7. The van der Waals surface area contributed by atoms with E-state index in [4.69, 9.17) is 0 Å². The first-order chi connectivity index (χ1) is 6.69. The lowest BCUT2D eigenvalue weighted by molar-refractivity contribution is 0.142. The van der Waals surface area contributed by atoms with Crippen molar-refractivity contribution in [1.29, 1.82) is 0 Å². The van der Waals surface area contributed by atoms with Gasteiger partial charge in [0.15, 0.2) is 0 Å². The Labute approximate surface area is 86.2 Å². The lowest BCUT2D eigenvalue weighted by atomic mass is 10.2. The number of carbonyl (C=O) groups excluding carboxylic acids is 1. The van der Waals surface area contributed by atoms with Crippen LogP contribution in [0.1, 0.15) is 20.8 Å². The molecule has 0 bridgehead atoms. The van der Waals surface area contributed by atoms with E-state index in [1.807, 2.05) is 23.6 Å². The van der Waals surface area contributed by atoms with Gasteiger partial charge in [0.25, 0.3) is 0 Å². The zero-order valence-electron chi connectivity index (χ0n) is 9.42. The normalized spacial score (nSPS) is 22.2. The van der Waals surface area contributed by atoms with Crippen molar-refractivity contribution in [2.24, 2.45) is 0 Å². The number of amides is 2. The van der Waals surface area contributed by atoms with Gasteiger partial charge < -0.3 is 15.1 Å². The molecular formula is C10H21N3O. The average Bonchev–Trinajstić information content (AvgIpc) is 2.19. The van der Waals surface area contributed by atoms with E-state index in [0.717, 1.165) is 32.7 Å². The lowest BCUT2D eigenvalue weighted by Crippen LogP contribution is -2.54. The Balaban J connectivity index is 2.50. The lowest BCUT2D eigenvalue weighted by Gasteiger charge is -2.35. The van der Waals surface area contributed by atoms with Gasteiger partial charge in [0.2, 0.25) is 0 Å². The number of piperazine rings is 1. The number of rotatable bonds is 2. The quantitative estimate of drug-likeness (QED) is 0.712. The minimum absolute atomic E-state index is 0.184. The van der Waals surface area contributed by atoms with Gasteiger partial charge in [-0.25, -0.2) is 4.79 Å². The van der Waals surface area contributed by atoms with Crippen LogP contribution in [0.3, 0.4) is 0 Å². The highest BCUT2D eigenvalue weighted by Crippen LogP contribution is 2.03. The van der Waals surface area contributed by atoms with Crippen LogP contribution in [0, 0.1) is 0 Å². The van der Waals surface area contributed by atoms with E-state index in [1.54, 1.807) is 0 Å². The van der Waals surface area contributed by atoms with Crippen LogP contribution < -0.4 is 5.32 Å². The molecule has 0 unspecified atom stereocenters. The predicted octanol–water partition coefficient (Wildman–Crippen LogP) is 0.742. The van der Waals surface area contributed by atoms with Crippen LogP contribution in [0.4, 0.5) is 4.79 Å². The maximum Gasteiger partial charge on any atom is 0.320 e. The third-order valence-electron chi connectivity index (χ3n) is 2.67. The Morgan fingerprint density at radius 3 is 2.64 bits per heavy atom. The summed E-state index contributed by atoms with van der Waals surface area (Å²) in [5, 5.41) is 3.33. The minimum atomic E-state index is 0.184. The van der Waals surface area contributed by atoms with Crippen molar-refractivity contribution in [2.45, 2.75) is 26.8 Å². The van der Waals surface area contributed by atoms with Crippen molar-refractivity contribution < 1.29 is 4.79 Å². The maximum atomic E-state index is 11.9. The molecule has 1 rings (SSSR count). The van der Waals surface area contributed by atoms with E-state index >= 15 is 0 Å². The average molecular weight is 199 g/mol. The van der Waals surface area contributed by atoms with Crippen LogP contribution in [0.5, 0.6) is 0 Å². The molecule has 1 aliphatic rings. The molecule has 0 saturated carbocycles. The highest BCUT2D eigenvalue weighted by atomic mass is 16.2. The van der Waals surface area contributed by atoms with E-state index in [2.05, 4.69) is 12.2 Å². The van der Waals surface area contributed by atoms with Gasteiger partial charge in [0.1, 0.15) is 0 Å². The fraction of sp³-hybridized carbons (Fsp3) is 0.900. The van der Waals surface area contributed by atoms with Gasteiger partial charge in [-0.1, -0.05) is 0 Å². The summed E-state index contributed by atoms with van der Waals surface area (Å²) < 4.78 is 0. The van der Waals surface area contributed by atoms with Crippen molar-refractivity contribution in [3.05, 3.63) is 0 Å². The van der Waals surface area contributed by atoms with Gasteiger partial charge >= 0.3 is 6.03 Å². The van der Waals surface area contributed by atoms with Gasteiger partial charge in [-0.2, -0.15) is 0 Å². The summed E-state index contributed by atoms with van der Waals surface area (Å²) >= 11 is 0. The first-order valence-electron chi connectivity index (χ1n) is 5.46. The van der Waals surface area contributed by atoms with E-state index in [1.165, 1.54) is 0 Å². The van der Waals surface area contributed by atoms with Crippen LogP contribution in [-0.4, -0.2) is 54.6 Å². The first-order valence-corrected chi connectivity index (χ1v) is 5.46. The third-order valence-corrected chi connectivity index (χ3v) is 2.67. The highest BCUT2D eigenvalue weighted by molar-refractivity contribution is 5.74. The number of hydrogen-bond donors (Lipinski definition) is 1. The summed E-state index contributed by atoms with van der Waals surface area (Å²) in [5.41, 5.74) is 0. The van der Waals surface area contributed by atoms with Gasteiger partial charge in [-0.05, 0) is 20.8 Å². The van der Waals surface area contributed by atoms with Crippen molar-refractivity contribution in [2.75, 3.05) is 32.7 Å². The maximum absolute atomic E-state index is 11.9. The second kappa shape index (κ2) is 5.20. The molecule has 0 radical (unpaired) electrons. The number of nitrogens with one attached hydrogen (secondary N) is 1. The predicted molar refractivity (Wildman–Crippen MR) is 57.4 cm³/mol. The van der Waals surface area contributed by atoms with E-state index in [-0.39, 0.29) is 6.03 Å². The fourth-order valence-corrected chi connectivity index (χ4v) is 1.80.